The quantitative estimate of drug-likeness (QED) is 0.359. The van der Waals surface area contributed by atoms with Gasteiger partial charge in [0, 0.05) is 20.4 Å². The Morgan fingerprint density at radius 3 is 2.05 bits per heavy atom. The Bertz CT molecular complexity index is 319. The van der Waals surface area contributed by atoms with Crippen LogP contribution in [0.3, 0.4) is 0 Å². The molecule has 0 aromatic rings. The van der Waals surface area contributed by atoms with Gasteiger partial charge in [-0.25, -0.2) is 4.79 Å². The van der Waals surface area contributed by atoms with Gasteiger partial charge in [-0.1, -0.05) is 0 Å². The van der Waals surface area contributed by atoms with Gasteiger partial charge in [0.05, 0.1) is 32.9 Å². The normalized spacial score (nSPS) is 10.1. The maximum Gasteiger partial charge on any atom is 0.407 e. The second kappa shape index (κ2) is 11.9. The Hall–Kier alpha value is -1.87. The molecular formula is C12H23N3O6. The van der Waals surface area contributed by atoms with Crippen molar-refractivity contribution < 1.29 is 29.0 Å². The summed E-state index contributed by atoms with van der Waals surface area (Å²) in [6.07, 6.45) is -1.35. The average Bonchev–Trinajstić information content (AvgIpc) is 2.41. The molecule has 0 aromatic heterocycles. The van der Waals surface area contributed by atoms with Crippen molar-refractivity contribution in [2.75, 3.05) is 39.5 Å². The van der Waals surface area contributed by atoms with Gasteiger partial charge in [0.1, 0.15) is 6.10 Å². The first kappa shape index (κ1) is 19.1. The molecule has 9 nitrogen and oxygen atoms in total. The van der Waals surface area contributed by atoms with Crippen LogP contribution in [-0.4, -0.2) is 68.6 Å². The van der Waals surface area contributed by atoms with E-state index < -0.39 is 12.2 Å². The summed E-state index contributed by atoms with van der Waals surface area (Å²) in [7, 11) is 0. The van der Waals surface area contributed by atoms with E-state index >= 15 is 0 Å². The highest BCUT2D eigenvalue weighted by molar-refractivity contribution is 5.73. The zero-order valence-electron chi connectivity index (χ0n) is 12.3. The van der Waals surface area contributed by atoms with E-state index in [0.717, 1.165) is 0 Å². The van der Waals surface area contributed by atoms with E-state index in [2.05, 4.69) is 16.0 Å². The van der Waals surface area contributed by atoms with E-state index in [1.807, 2.05) is 0 Å². The number of aliphatic hydroxyl groups excluding tert-OH is 1. The van der Waals surface area contributed by atoms with Gasteiger partial charge in [-0.2, -0.15) is 0 Å². The molecule has 0 aliphatic heterocycles. The largest absolute Gasteiger partial charge is 0.442 e. The Morgan fingerprint density at radius 1 is 1.00 bits per heavy atom. The van der Waals surface area contributed by atoms with E-state index in [0.29, 0.717) is 0 Å². The van der Waals surface area contributed by atoms with E-state index in [9.17, 15) is 14.4 Å². The molecule has 122 valence electrons. The molecule has 0 spiro atoms. The highest BCUT2D eigenvalue weighted by atomic mass is 16.6. The summed E-state index contributed by atoms with van der Waals surface area (Å²) >= 11 is 0. The lowest BCUT2D eigenvalue weighted by atomic mass is 10.3. The number of carbonyl (C=O) groups excluding carboxylic acids is 3. The van der Waals surface area contributed by atoms with E-state index in [4.69, 9.17) is 14.6 Å². The third-order valence-corrected chi connectivity index (χ3v) is 2.18. The van der Waals surface area contributed by atoms with Crippen molar-refractivity contribution in [3.63, 3.8) is 0 Å². The second-order valence-corrected chi connectivity index (χ2v) is 4.16. The van der Waals surface area contributed by atoms with Gasteiger partial charge in [-0.15, -0.1) is 0 Å². The average molecular weight is 305 g/mol. The first-order valence-electron chi connectivity index (χ1n) is 6.57. The first-order chi connectivity index (χ1) is 9.95. The van der Waals surface area contributed by atoms with E-state index in [1.165, 1.54) is 13.8 Å². The number of amides is 3. The molecule has 0 atom stereocenters. The van der Waals surface area contributed by atoms with Crippen molar-refractivity contribution in [1.29, 1.82) is 0 Å². The van der Waals surface area contributed by atoms with Gasteiger partial charge in [0.2, 0.25) is 11.8 Å². The molecule has 0 radical (unpaired) electrons. The predicted molar refractivity (Wildman–Crippen MR) is 73.5 cm³/mol. The van der Waals surface area contributed by atoms with Gasteiger partial charge < -0.3 is 30.5 Å². The van der Waals surface area contributed by atoms with Crippen molar-refractivity contribution in [2.24, 2.45) is 0 Å². The van der Waals surface area contributed by atoms with Crippen LogP contribution in [0.5, 0.6) is 0 Å². The summed E-state index contributed by atoms with van der Waals surface area (Å²) in [6.45, 7) is 3.48. The maximum atomic E-state index is 11.5. The molecule has 0 bridgehead atoms. The molecule has 0 fully saturated rings. The van der Waals surface area contributed by atoms with Crippen molar-refractivity contribution in [1.82, 2.24) is 16.0 Å². The third-order valence-electron chi connectivity index (χ3n) is 2.18. The molecule has 0 aliphatic carbocycles. The monoisotopic (exact) mass is 305 g/mol. The number of hydrogen-bond donors (Lipinski definition) is 4. The highest BCUT2D eigenvalue weighted by Gasteiger charge is 2.15. The molecule has 3 amide bonds. The third kappa shape index (κ3) is 12.9. The van der Waals surface area contributed by atoms with E-state index in [1.54, 1.807) is 0 Å². The Kier molecular flexibility index (Phi) is 10.9. The minimum atomic E-state index is -0.677. The standard InChI is InChI=1S/C12H23N3O6/c1-9(17)14-7-11(8-15-10(2)18)21-12(19)13-3-5-20-6-4-16/h11,16H,3-8H2,1-2H3,(H,13,19)(H,14,17)(H,15,18). The SMILES string of the molecule is CC(=O)NCC(CNC(C)=O)OC(=O)NCCOCCO. The number of hydrogen-bond acceptors (Lipinski definition) is 6. The number of carbonyl (C=O) groups is 3. The van der Waals surface area contributed by atoms with Crippen molar-refractivity contribution in [3.05, 3.63) is 0 Å². The lowest BCUT2D eigenvalue weighted by Gasteiger charge is -2.18. The summed E-state index contributed by atoms with van der Waals surface area (Å²) in [5.74, 6) is -0.520. The molecule has 0 aliphatic rings. The molecule has 9 heteroatoms. The number of ether oxygens (including phenoxy) is 2. The molecule has 0 saturated heterocycles. The molecule has 21 heavy (non-hydrogen) atoms. The molecule has 0 unspecified atom stereocenters. The number of aliphatic hydroxyl groups is 1. The second-order valence-electron chi connectivity index (χ2n) is 4.16. The summed E-state index contributed by atoms with van der Waals surface area (Å²) in [5.41, 5.74) is 0. The fourth-order valence-corrected chi connectivity index (χ4v) is 1.26. The van der Waals surface area contributed by atoms with Crippen LogP contribution in [0.25, 0.3) is 0 Å². The Labute approximate surface area is 123 Å². The molecular weight excluding hydrogens is 282 g/mol. The Balaban J connectivity index is 4.02. The van der Waals surface area contributed by atoms with Crippen molar-refractivity contribution in [2.45, 2.75) is 20.0 Å². The van der Waals surface area contributed by atoms with Crippen LogP contribution < -0.4 is 16.0 Å². The fourth-order valence-electron chi connectivity index (χ4n) is 1.26. The molecule has 0 saturated carbocycles. The van der Waals surface area contributed by atoms with Gasteiger partial charge in [-0.05, 0) is 0 Å². The zero-order valence-corrected chi connectivity index (χ0v) is 12.3. The van der Waals surface area contributed by atoms with Gasteiger partial charge in [0.15, 0.2) is 0 Å². The number of alkyl carbamates (subject to hydrolysis) is 1. The maximum absolute atomic E-state index is 11.5. The minimum absolute atomic E-state index is 0.0834. The molecule has 4 N–H and O–H groups in total. The van der Waals surface area contributed by atoms with Gasteiger partial charge in [-0.3, -0.25) is 9.59 Å². The van der Waals surface area contributed by atoms with Crippen molar-refractivity contribution in [3.8, 4) is 0 Å². The lowest BCUT2D eigenvalue weighted by molar-refractivity contribution is -0.119. The molecule has 0 aromatic carbocycles. The van der Waals surface area contributed by atoms with Crippen LogP contribution in [0.2, 0.25) is 0 Å². The Morgan fingerprint density at radius 2 is 1.57 bits per heavy atom. The van der Waals surface area contributed by atoms with Crippen LogP contribution in [0.15, 0.2) is 0 Å². The van der Waals surface area contributed by atoms with Crippen LogP contribution in [0, 0.1) is 0 Å². The van der Waals surface area contributed by atoms with Crippen LogP contribution in [0.1, 0.15) is 13.8 Å². The summed E-state index contributed by atoms with van der Waals surface area (Å²) in [4.78, 5) is 33.2. The minimum Gasteiger partial charge on any atom is -0.442 e. The predicted octanol–water partition coefficient (Wildman–Crippen LogP) is -1.64. The summed E-state index contributed by atoms with van der Waals surface area (Å²) in [5, 5.41) is 16.0. The number of rotatable bonds is 10. The van der Waals surface area contributed by atoms with Crippen LogP contribution >= 0.6 is 0 Å². The smallest absolute Gasteiger partial charge is 0.407 e. The topological polar surface area (TPSA) is 126 Å². The van der Waals surface area contributed by atoms with Crippen LogP contribution in [0.4, 0.5) is 4.79 Å². The summed E-state index contributed by atoms with van der Waals surface area (Å²) < 4.78 is 10.0. The number of nitrogens with one attached hydrogen (secondary N) is 3. The fraction of sp³-hybridized carbons (Fsp3) is 0.750. The lowest BCUT2D eigenvalue weighted by Crippen LogP contribution is -2.43. The highest BCUT2D eigenvalue weighted by Crippen LogP contribution is 1.91. The van der Waals surface area contributed by atoms with Gasteiger partial charge >= 0.3 is 6.09 Å². The molecule has 0 rings (SSSR count). The molecule has 0 heterocycles. The zero-order chi connectivity index (χ0) is 16.1. The van der Waals surface area contributed by atoms with Gasteiger partial charge in [0.25, 0.3) is 0 Å². The van der Waals surface area contributed by atoms with E-state index in [-0.39, 0.29) is 51.3 Å². The first-order valence-corrected chi connectivity index (χ1v) is 6.57. The van der Waals surface area contributed by atoms with Crippen molar-refractivity contribution >= 4 is 17.9 Å². The van der Waals surface area contributed by atoms with Crippen LogP contribution in [-0.2, 0) is 19.1 Å². The summed E-state index contributed by atoms with van der Waals surface area (Å²) in [6, 6.07) is 0.